The number of carbonyl (C=O) groups excluding carboxylic acids is 1. The normalized spacial score (nSPS) is 16.5. The van der Waals surface area contributed by atoms with Gasteiger partial charge in [0.15, 0.2) is 5.71 Å². The molecule has 3 heterocycles. The van der Waals surface area contributed by atoms with Crippen molar-refractivity contribution in [3.8, 4) is 16.9 Å². The van der Waals surface area contributed by atoms with E-state index >= 15 is 0 Å². The van der Waals surface area contributed by atoms with Crippen LogP contribution in [0.2, 0.25) is 0 Å². The number of benzene rings is 2. The van der Waals surface area contributed by atoms with Gasteiger partial charge in [0.1, 0.15) is 11.9 Å². The highest BCUT2D eigenvalue weighted by atomic mass is 16.5. The minimum absolute atomic E-state index is 0.245. The number of hydrogen-bond donors (Lipinski definition) is 2. The first-order chi connectivity index (χ1) is 16.0. The van der Waals surface area contributed by atoms with E-state index in [1.165, 1.54) is 0 Å². The molecule has 0 atom stereocenters. The van der Waals surface area contributed by atoms with Crippen molar-refractivity contribution < 1.29 is 9.53 Å². The minimum atomic E-state index is -0.254. The summed E-state index contributed by atoms with van der Waals surface area (Å²) in [5.41, 5.74) is 7.90. The Bertz CT molecular complexity index is 1180. The number of hydrazone groups is 1. The summed E-state index contributed by atoms with van der Waals surface area (Å²) in [4.78, 5) is 15.4. The third-order valence-corrected chi connectivity index (χ3v) is 6.16. The van der Waals surface area contributed by atoms with Gasteiger partial charge in [0, 0.05) is 43.1 Å². The molecule has 0 saturated carbocycles. The summed E-state index contributed by atoms with van der Waals surface area (Å²) >= 11 is 0. The maximum Gasteiger partial charge on any atom is 0.276 e. The van der Waals surface area contributed by atoms with Gasteiger partial charge in [-0.1, -0.05) is 12.1 Å². The molecule has 8 heteroatoms. The van der Waals surface area contributed by atoms with E-state index in [0.717, 1.165) is 53.9 Å². The average molecular weight is 445 g/mol. The van der Waals surface area contributed by atoms with Crippen LogP contribution in [0.25, 0.3) is 11.1 Å². The Morgan fingerprint density at radius 1 is 1.09 bits per heavy atom. The Kier molecular flexibility index (Phi) is 5.83. The summed E-state index contributed by atoms with van der Waals surface area (Å²) in [6.07, 6.45) is 6.07. The molecule has 1 saturated heterocycles. The molecule has 0 bridgehead atoms. The van der Waals surface area contributed by atoms with E-state index in [4.69, 9.17) is 4.74 Å². The SMILES string of the molecule is CN1CCC(Oc2ccc(NC(=O)C3=NNCc4ccc(-c5cnn(C)c5)cc43)cc2)CC1. The lowest BCUT2D eigenvalue weighted by Gasteiger charge is -2.29. The number of carbonyl (C=O) groups is 1. The fourth-order valence-electron chi connectivity index (χ4n) is 4.24. The smallest absolute Gasteiger partial charge is 0.276 e. The summed E-state index contributed by atoms with van der Waals surface area (Å²) in [5.74, 6) is 0.571. The van der Waals surface area contributed by atoms with Gasteiger partial charge in [-0.3, -0.25) is 9.48 Å². The van der Waals surface area contributed by atoms with Gasteiger partial charge < -0.3 is 20.4 Å². The Morgan fingerprint density at radius 3 is 2.61 bits per heavy atom. The second-order valence-electron chi connectivity index (χ2n) is 8.67. The lowest BCUT2D eigenvalue weighted by molar-refractivity contribution is -0.110. The molecule has 2 aliphatic rings. The molecule has 0 unspecified atom stereocenters. The van der Waals surface area contributed by atoms with E-state index in [2.05, 4.69) is 32.9 Å². The minimum Gasteiger partial charge on any atom is -0.490 e. The van der Waals surface area contributed by atoms with Gasteiger partial charge in [0.05, 0.1) is 12.7 Å². The monoisotopic (exact) mass is 444 g/mol. The van der Waals surface area contributed by atoms with Crippen LogP contribution < -0.4 is 15.5 Å². The summed E-state index contributed by atoms with van der Waals surface area (Å²) in [7, 11) is 4.02. The number of anilines is 1. The van der Waals surface area contributed by atoms with Crippen molar-refractivity contribution in [1.82, 2.24) is 20.1 Å². The molecular weight excluding hydrogens is 416 g/mol. The van der Waals surface area contributed by atoms with Gasteiger partial charge >= 0.3 is 0 Å². The largest absolute Gasteiger partial charge is 0.490 e. The highest BCUT2D eigenvalue weighted by Gasteiger charge is 2.22. The van der Waals surface area contributed by atoms with E-state index in [9.17, 15) is 4.79 Å². The average Bonchev–Trinajstić information content (AvgIpc) is 3.27. The lowest BCUT2D eigenvalue weighted by Crippen LogP contribution is -2.35. The van der Waals surface area contributed by atoms with Crippen molar-refractivity contribution in [1.29, 1.82) is 0 Å². The van der Waals surface area contributed by atoms with Crippen LogP contribution in [0.4, 0.5) is 5.69 Å². The summed E-state index contributed by atoms with van der Waals surface area (Å²) in [6, 6.07) is 13.6. The van der Waals surface area contributed by atoms with Gasteiger partial charge in [-0.25, -0.2) is 0 Å². The predicted molar refractivity (Wildman–Crippen MR) is 128 cm³/mol. The molecule has 8 nitrogen and oxygen atoms in total. The maximum atomic E-state index is 13.1. The van der Waals surface area contributed by atoms with Gasteiger partial charge in [-0.15, -0.1) is 0 Å². The molecule has 0 aliphatic carbocycles. The Hall–Kier alpha value is -3.65. The Labute approximate surface area is 193 Å². The number of likely N-dealkylation sites (tertiary alicyclic amines) is 1. The van der Waals surface area contributed by atoms with Crippen LogP contribution in [-0.2, 0) is 18.4 Å². The first-order valence-corrected chi connectivity index (χ1v) is 11.2. The van der Waals surface area contributed by atoms with Crippen LogP contribution in [0.15, 0.2) is 60.0 Å². The second-order valence-corrected chi connectivity index (χ2v) is 8.67. The standard InChI is InChI=1S/C25H28N6O2/c1-30-11-9-22(10-12-30)33-21-7-5-20(6-8-21)28-25(32)24-23-13-17(19-15-27-31(2)16-19)3-4-18(23)14-26-29-24/h3-8,13,15-16,22,26H,9-12,14H2,1-2H3,(H,28,32). The van der Waals surface area contributed by atoms with Crippen molar-refractivity contribution in [2.24, 2.45) is 12.1 Å². The van der Waals surface area contributed by atoms with Crippen LogP contribution in [-0.4, -0.2) is 52.5 Å². The Morgan fingerprint density at radius 2 is 1.88 bits per heavy atom. The van der Waals surface area contributed by atoms with Crippen LogP contribution in [0.5, 0.6) is 5.75 Å². The van der Waals surface area contributed by atoms with E-state index in [0.29, 0.717) is 17.9 Å². The van der Waals surface area contributed by atoms with Crippen LogP contribution in [0.3, 0.4) is 0 Å². The molecule has 1 aromatic heterocycles. The lowest BCUT2D eigenvalue weighted by atomic mass is 9.96. The van der Waals surface area contributed by atoms with Crippen LogP contribution in [0, 0.1) is 0 Å². The number of nitrogens with zero attached hydrogens (tertiary/aromatic N) is 4. The van der Waals surface area contributed by atoms with Crippen molar-refractivity contribution in [3.05, 3.63) is 66.0 Å². The van der Waals surface area contributed by atoms with Crippen molar-refractivity contribution >= 4 is 17.3 Å². The Balaban J connectivity index is 1.28. The van der Waals surface area contributed by atoms with Gasteiger partial charge in [0.25, 0.3) is 5.91 Å². The van der Waals surface area contributed by atoms with Gasteiger partial charge in [0.2, 0.25) is 0 Å². The fourth-order valence-corrected chi connectivity index (χ4v) is 4.24. The number of aromatic nitrogens is 2. The summed E-state index contributed by atoms with van der Waals surface area (Å²) in [5, 5.41) is 11.5. The van der Waals surface area contributed by atoms with Crippen molar-refractivity contribution in [3.63, 3.8) is 0 Å². The molecule has 0 radical (unpaired) electrons. The molecule has 0 spiro atoms. The van der Waals surface area contributed by atoms with Crippen LogP contribution >= 0.6 is 0 Å². The number of fused-ring (bicyclic) bond motifs is 1. The van der Waals surface area contributed by atoms with E-state index in [1.54, 1.807) is 4.68 Å². The van der Waals surface area contributed by atoms with Gasteiger partial charge in [-0.2, -0.15) is 10.2 Å². The molecule has 3 aromatic rings. The number of nitrogens with one attached hydrogen (secondary N) is 2. The number of aryl methyl sites for hydroxylation is 1. The number of ether oxygens (including phenoxy) is 1. The molecule has 5 rings (SSSR count). The first-order valence-electron chi connectivity index (χ1n) is 11.2. The molecule has 2 aromatic carbocycles. The maximum absolute atomic E-state index is 13.1. The topological polar surface area (TPSA) is 83.8 Å². The fraction of sp³-hybridized carbons (Fsp3) is 0.320. The molecule has 2 aliphatic heterocycles. The van der Waals surface area contributed by atoms with E-state index in [1.807, 2.05) is 61.9 Å². The molecule has 1 amide bonds. The highest BCUT2D eigenvalue weighted by molar-refractivity contribution is 6.49. The number of rotatable bonds is 5. The molecule has 2 N–H and O–H groups in total. The van der Waals surface area contributed by atoms with Crippen molar-refractivity contribution in [2.75, 3.05) is 25.5 Å². The second kappa shape index (κ2) is 9.07. The molecule has 170 valence electrons. The third kappa shape index (κ3) is 4.75. The predicted octanol–water partition coefficient (Wildman–Crippen LogP) is 3.01. The first kappa shape index (κ1) is 21.2. The zero-order valence-corrected chi connectivity index (χ0v) is 18.9. The summed E-state index contributed by atoms with van der Waals surface area (Å²) < 4.78 is 7.87. The zero-order valence-electron chi connectivity index (χ0n) is 18.9. The molecular formula is C25H28N6O2. The highest BCUT2D eigenvalue weighted by Crippen LogP contribution is 2.25. The molecule has 33 heavy (non-hydrogen) atoms. The number of hydrogen-bond acceptors (Lipinski definition) is 6. The number of amides is 1. The molecule has 1 fully saturated rings. The van der Waals surface area contributed by atoms with Crippen LogP contribution in [0.1, 0.15) is 24.0 Å². The number of piperidine rings is 1. The zero-order chi connectivity index (χ0) is 22.8. The van der Waals surface area contributed by atoms with Crippen molar-refractivity contribution in [2.45, 2.75) is 25.5 Å². The van der Waals surface area contributed by atoms with E-state index < -0.39 is 0 Å². The van der Waals surface area contributed by atoms with Gasteiger partial charge in [-0.05, 0) is 61.3 Å². The van der Waals surface area contributed by atoms with E-state index in [-0.39, 0.29) is 12.0 Å². The summed E-state index contributed by atoms with van der Waals surface area (Å²) in [6.45, 7) is 2.69. The quantitative estimate of drug-likeness (QED) is 0.632. The third-order valence-electron chi connectivity index (χ3n) is 6.16.